The van der Waals surface area contributed by atoms with Gasteiger partial charge in [0.1, 0.15) is 0 Å². The predicted octanol–water partition coefficient (Wildman–Crippen LogP) is 4.36. The fraction of sp³-hybridized carbons (Fsp3) is 0.188. The van der Waals surface area contributed by atoms with Gasteiger partial charge < -0.3 is 0 Å². The number of nitro benzene ring substituents is 1. The van der Waals surface area contributed by atoms with Crippen LogP contribution in [-0.2, 0) is 6.18 Å². The summed E-state index contributed by atoms with van der Waals surface area (Å²) in [4.78, 5) is 10.4. The third-order valence-electron chi connectivity index (χ3n) is 3.71. The zero-order chi connectivity index (χ0) is 19.8. The van der Waals surface area contributed by atoms with Crippen LogP contribution < -0.4 is 0 Å². The molecule has 0 fully saturated rings. The molecule has 3 aromatic rings. The van der Waals surface area contributed by atoms with Crippen molar-refractivity contribution in [1.29, 1.82) is 0 Å². The number of hydrogen-bond acceptors (Lipinski definition) is 6. The average Bonchev–Trinajstić information content (AvgIpc) is 3.02. The lowest BCUT2D eigenvalue weighted by atomic mass is 10.1. The summed E-state index contributed by atoms with van der Waals surface area (Å²) >= 11 is 0.821. The predicted molar refractivity (Wildman–Crippen MR) is 90.8 cm³/mol. The molecule has 2 aromatic carbocycles. The first-order chi connectivity index (χ1) is 12.7. The lowest BCUT2D eigenvalue weighted by Crippen LogP contribution is -2.06. The number of nitrogens with zero attached hydrogens (tertiary/aromatic N) is 5. The average molecular weight is 395 g/mol. The van der Waals surface area contributed by atoms with E-state index in [1.165, 1.54) is 4.68 Å². The van der Waals surface area contributed by atoms with Crippen molar-refractivity contribution in [3.05, 3.63) is 63.2 Å². The first-order valence-electron chi connectivity index (χ1n) is 7.56. The quantitative estimate of drug-likeness (QED) is 0.482. The number of aryl methyl sites for hydroxylation is 2. The van der Waals surface area contributed by atoms with Crippen molar-refractivity contribution >= 4 is 17.4 Å². The van der Waals surface area contributed by atoms with E-state index in [9.17, 15) is 23.3 Å². The van der Waals surface area contributed by atoms with Crippen molar-refractivity contribution in [2.75, 3.05) is 0 Å². The monoisotopic (exact) mass is 395 g/mol. The van der Waals surface area contributed by atoms with E-state index in [4.69, 9.17) is 0 Å². The van der Waals surface area contributed by atoms with Crippen molar-refractivity contribution < 1.29 is 18.1 Å². The molecule has 27 heavy (non-hydrogen) atoms. The lowest BCUT2D eigenvalue weighted by molar-refractivity contribution is -0.388. The summed E-state index contributed by atoms with van der Waals surface area (Å²) in [5, 5.41) is 22.8. The highest BCUT2D eigenvalue weighted by atomic mass is 32.2. The minimum atomic E-state index is -4.67. The molecule has 0 atom stereocenters. The Morgan fingerprint density at radius 2 is 1.89 bits per heavy atom. The number of benzene rings is 2. The van der Waals surface area contributed by atoms with Gasteiger partial charge >= 0.3 is 6.18 Å². The molecule has 0 amide bonds. The second-order valence-electron chi connectivity index (χ2n) is 5.70. The Balaban J connectivity index is 2.02. The third-order valence-corrected chi connectivity index (χ3v) is 4.71. The number of halogens is 3. The summed E-state index contributed by atoms with van der Waals surface area (Å²) in [6.07, 6.45) is -4.67. The van der Waals surface area contributed by atoms with Crippen LogP contribution >= 0.6 is 11.8 Å². The smallest absolute Gasteiger partial charge is 0.258 e. The highest BCUT2D eigenvalue weighted by Gasteiger charge is 2.33. The van der Waals surface area contributed by atoms with E-state index in [0.717, 1.165) is 35.0 Å². The molecule has 3 rings (SSSR count). The van der Waals surface area contributed by atoms with E-state index in [1.807, 2.05) is 26.0 Å². The first kappa shape index (κ1) is 18.8. The first-order valence-corrected chi connectivity index (χ1v) is 8.38. The van der Waals surface area contributed by atoms with Crippen LogP contribution in [0.25, 0.3) is 5.69 Å². The van der Waals surface area contributed by atoms with Gasteiger partial charge in [0, 0.05) is 6.07 Å². The number of hydrogen-bond donors (Lipinski definition) is 0. The minimum Gasteiger partial charge on any atom is -0.258 e. The van der Waals surface area contributed by atoms with Crippen LogP contribution in [0.3, 0.4) is 0 Å². The summed E-state index contributed by atoms with van der Waals surface area (Å²) in [7, 11) is 0. The molecule has 1 aromatic heterocycles. The van der Waals surface area contributed by atoms with Gasteiger partial charge in [-0.05, 0) is 59.8 Å². The fourth-order valence-corrected chi connectivity index (χ4v) is 3.33. The fourth-order valence-electron chi connectivity index (χ4n) is 2.46. The van der Waals surface area contributed by atoms with E-state index in [0.29, 0.717) is 11.8 Å². The number of nitro groups is 1. The number of tetrazole rings is 1. The van der Waals surface area contributed by atoms with Crippen molar-refractivity contribution in [3.63, 3.8) is 0 Å². The Kier molecular flexibility index (Phi) is 4.87. The van der Waals surface area contributed by atoms with E-state index in [1.54, 1.807) is 6.07 Å². The van der Waals surface area contributed by atoms with Crippen LogP contribution in [0.1, 0.15) is 16.7 Å². The topological polar surface area (TPSA) is 86.7 Å². The molecule has 0 aliphatic rings. The molecule has 1 heterocycles. The molecule has 0 radical (unpaired) electrons. The van der Waals surface area contributed by atoms with E-state index >= 15 is 0 Å². The molecule has 7 nitrogen and oxygen atoms in total. The Morgan fingerprint density at radius 1 is 1.15 bits per heavy atom. The zero-order valence-electron chi connectivity index (χ0n) is 14.1. The molecule has 11 heteroatoms. The van der Waals surface area contributed by atoms with Gasteiger partial charge in [-0.1, -0.05) is 17.7 Å². The van der Waals surface area contributed by atoms with Crippen LogP contribution in [-0.4, -0.2) is 25.1 Å². The molecule has 0 saturated carbocycles. The Morgan fingerprint density at radius 3 is 2.52 bits per heavy atom. The Hall–Kier alpha value is -2.95. The molecular weight excluding hydrogens is 383 g/mol. The van der Waals surface area contributed by atoms with Crippen LogP contribution in [0.2, 0.25) is 0 Å². The standard InChI is InChI=1S/C16H12F3N5O2S/c1-9-3-5-12(10(2)7-9)23-15(20-21-22-23)27-14-6-4-11(16(17,18)19)8-13(14)24(25)26/h3-8H,1-2H3. The molecule has 0 aliphatic heterocycles. The van der Waals surface area contributed by atoms with Gasteiger partial charge in [-0.2, -0.15) is 17.9 Å². The van der Waals surface area contributed by atoms with Crippen molar-refractivity contribution in [1.82, 2.24) is 20.2 Å². The zero-order valence-corrected chi connectivity index (χ0v) is 14.9. The van der Waals surface area contributed by atoms with Crippen molar-refractivity contribution in [2.45, 2.75) is 30.1 Å². The molecule has 0 bridgehead atoms. The maximum absolute atomic E-state index is 12.8. The van der Waals surface area contributed by atoms with E-state index in [-0.39, 0.29) is 10.1 Å². The van der Waals surface area contributed by atoms with Crippen LogP contribution in [0.5, 0.6) is 0 Å². The summed E-state index contributed by atoms with van der Waals surface area (Å²) < 4.78 is 39.9. The van der Waals surface area contributed by atoms with Gasteiger partial charge in [-0.3, -0.25) is 10.1 Å². The van der Waals surface area contributed by atoms with Crippen LogP contribution in [0.4, 0.5) is 18.9 Å². The van der Waals surface area contributed by atoms with Gasteiger partial charge in [-0.25, -0.2) is 0 Å². The molecule has 0 N–H and O–H groups in total. The Labute approximate surface area is 155 Å². The Bertz CT molecular complexity index is 1020. The number of alkyl halides is 3. The molecule has 0 saturated heterocycles. The van der Waals surface area contributed by atoms with Gasteiger partial charge in [0.2, 0.25) is 5.16 Å². The summed E-state index contributed by atoms with van der Waals surface area (Å²) in [5.74, 6) is 0. The van der Waals surface area contributed by atoms with Crippen LogP contribution in [0, 0.1) is 24.0 Å². The normalized spacial score (nSPS) is 11.6. The van der Waals surface area contributed by atoms with E-state index < -0.39 is 22.4 Å². The maximum atomic E-state index is 12.8. The minimum absolute atomic E-state index is 0.00816. The van der Waals surface area contributed by atoms with E-state index in [2.05, 4.69) is 15.5 Å². The molecule has 0 aliphatic carbocycles. The molecule has 0 spiro atoms. The second-order valence-corrected chi connectivity index (χ2v) is 6.71. The molecular formula is C16H12F3N5O2S. The molecule has 140 valence electrons. The second kappa shape index (κ2) is 6.99. The lowest BCUT2D eigenvalue weighted by Gasteiger charge is -2.10. The number of rotatable bonds is 4. The van der Waals surface area contributed by atoms with Crippen molar-refractivity contribution in [2.24, 2.45) is 0 Å². The third kappa shape index (κ3) is 3.92. The van der Waals surface area contributed by atoms with Crippen molar-refractivity contribution in [3.8, 4) is 5.69 Å². The van der Waals surface area contributed by atoms with Gasteiger partial charge in [0.15, 0.2) is 0 Å². The van der Waals surface area contributed by atoms with Crippen LogP contribution in [0.15, 0.2) is 46.5 Å². The summed E-state index contributed by atoms with van der Waals surface area (Å²) in [6.45, 7) is 3.79. The van der Waals surface area contributed by atoms with Gasteiger partial charge in [0.05, 0.1) is 21.1 Å². The highest BCUT2D eigenvalue weighted by Crippen LogP contribution is 2.39. The SMILES string of the molecule is Cc1ccc(-n2nnnc2Sc2ccc(C(F)(F)F)cc2[N+](=O)[O-])c(C)c1. The summed E-state index contributed by atoms with van der Waals surface area (Å²) in [5.41, 5.74) is 0.836. The van der Waals surface area contributed by atoms with Gasteiger partial charge in [-0.15, -0.1) is 5.10 Å². The molecule has 0 unspecified atom stereocenters. The largest absolute Gasteiger partial charge is 0.416 e. The number of aromatic nitrogens is 4. The van der Waals surface area contributed by atoms with Gasteiger partial charge in [0.25, 0.3) is 5.69 Å². The highest BCUT2D eigenvalue weighted by molar-refractivity contribution is 7.99. The summed E-state index contributed by atoms with van der Waals surface area (Å²) in [6, 6.07) is 7.93. The maximum Gasteiger partial charge on any atom is 0.416 e.